The van der Waals surface area contributed by atoms with E-state index in [9.17, 15) is 0 Å². The van der Waals surface area contributed by atoms with Crippen LogP contribution in [-0.4, -0.2) is 33.1 Å². The fraction of sp³-hybridized carbons (Fsp3) is 0.455. The summed E-state index contributed by atoms with van der Waals surface area (Å²) in [5, 5.41) is 8.02. The van der Waals surface area contributed by atoms with E-state index in [2.05, 4.69) is 47.9 Å². The number of hydrogen-bond donors (Lipinski definition) is 2. The van der Waals surface area contributed by atoms with E-state index in [-0.39, 0.29) is 0 Å². The predicted octanol–water partition coefficient (Wildman–Crippen LogP) is 2.44. The van der Waals surface area contributed by atoms with Crippen LogP contribution in [0, 0.1) is 0 Å². The zero-order chi connectivity index (χ0) is 12.4. The van der Waals surface area contributed by atoms with Crippen molar-refractivity contribution in [2.24, 2.45) is 0 Å². The van der Waals surface area contributed by atoms with E-state index in [4.69, 9.17) is 0 Å². The molecule has 0 radical (unpaired) electrons. The molecule has 3 heterocycles. The van der Waals surface area contributed by atoms with Crippen LogP contribution < -0.4 is 10.6 Å². The second-order valence-electron chi connectivity index (χ2n) is 4.36. The van der Waals surface area contributed by atoms with Gasteiger partial charge in [-0.2, -0.15) is 0 Å². The van der Waals surface area contributed by atoms with Crippen LogP contribution in [0.5, 0.6) is 0 Å². The Hall–Kier alpha value is -0.540. The molecule has 96 valence electrons. The lowest BCUT2D eigenvalue weighted by Crippen LogP contribution is -2.38. The van der Waals surface area contributed by atoms with E-state index in [0.717, 1.165) is 29.9 Å². The molecule has 1 atom stereocenters. The summed E-state index contributed by atoms with van der Waals surface area (Å²) in [6.45, 7) is 2.13. The smallest absolute Gasteiger partial charge is 0.156 e. The summed E-state index contributed by atoms with van der Waals surface area (Å²) in [5.41, 5.74) is 0.968. The number of nitrogens with one attached hydrogen (secondary N) is 2. The molecule has 0 aliphatic carbocycles. The Labute approximate surface area is 122 Å². The van der Waals surface area contributed by atoms with Gasteiger partial charge in [0.1, 0.15) is 12.1 Å². The molecule has 3 rings (SSSR count). The van der Waals surface area contributed by atoms with Gasteiger partial charge in [0.05, 0.1) is 5.39 Å². The largest absolute Gasteiger partial charge is 0.365 e. The molecule has 0 saturated carbocycles. The van der Waals surface area contributed by atoms with Gasteiger partial charge in [-0.1, -0.05) is 0 Å². The first kappa shape index (κ1) is 12.5. The summed E-state index contributed by atoms with van der Waals surface area (Å²) >= 11 is 2.25. The minimum Gasteiger partial charge on any atom is -0.365 e. The minimum atomic E-state index is 0.465. The maximum atomic E-state index is 4.37. The number of nitrogens with zero attached hydrogens (tertiary/aromatic N) is 3. The molecule has 2 aromatic rings. The zero-order valence-corrected chi connectivity index (χ0v) is 12.7. The van der Waals surface area contributed by atoms with E-state index in [1.165, 1.54) is 12.8 Å². The van der Waals surface area contributed by atoms with Crippen LogP contribution in [0.4, 0.5) is 5.82 Å². The zero-order valence-electron chi connectivity index (χ0n) is 9.77. The van der Waals surface area contributed by atoms with E-state index in [1.807, 2.05) is 10.2 Å². The SMILES string of the molecule is ISn1ccc2c(NC3CCCNC3)ncnc21. The first-order valence-electron chi connectivity index (χ1n) is 5.97. The Balaban J connectivity index is 1.89. The molecule has 0 bridgehead atoms. The summed E-state index contributed by atoms with van der Waals surface area (Å²) < 4.78 is 2.04. The summed E-state index contributed by atoms with van der Waals surface area (Å²) in [6, 6.07) is 2.53. The Morgan fingerprint density at radius 3 is 3.22 bits per heavy atom. The normalized spacial score (nSPS) is 20.2. The lowest BCUT2D eigenvalue weighted by atomic mass is 10.1. The summed E-state index contributed by atoms with van der Waals surface area (Å²) in [6.07, 6.45) is 6.07. The number of halogens is 1. The van der Waals surface area contributed by atoms with Gasteiger partial charge in [-0.05, 0) is 25.5 Å². The van der Waals surface area contributed by atoms with Crippen molar-refractivity contribution in [2.45, 2.75) is 18.9 Å². The van der Waals surface area contributed by atoms with E-state index in [0.29, 0.717) is 6.04 Å². The van der Waals surface area contributed by atoms with Crippen LogP contribution >= 0.6 is 30.3 Å². The van der Waals surface area contributed by atoms with Crippen LogP contribution in [0.1, 0.15) is 12.8 Å². The highest BCUT2D eigenvalue weighted by atomic mass is 127. The van der Waals surface area contributed by atoms with Crippen molar-refractivity contribution < 1.29 is 0 Å². The molecule has 1 saturated heterocycles. The van der Waals surface area contributed by atoms with E-state index < -0.39 is 0 Å². The van der Waals surface area contributed by atoms with Crippen molar-refractivity contribution in [1.82, 2.24) is 19.3 Å². The molecule has 7 heteroatoms. The highest BCUT2D eigenvalue weighted by Crippen LogP contribution is 2.27. The number of hydrogen-bond acceptors (Lipinski definition) is 5. The fourth-order valence-corrected chi connectivity index (χ4v) is 3.54. The van der Waals surface area contributed by atoms with Crippen molar-refractivity contribution in [3.05, 3.63) is 18.6 Å². The Kier molecular flexibility index (Phi) is 3.90. The topological polar surface area (TPSA) is 54.8 Å². The second kappa shape index (κ2) is 5.62. The highest BCUT2D eigenvalue weighted by Gasteiger charge is 2.15. The Bertz CT molecular complexity index is 537. The second-order valence-corrected chi connectivity index (χ2v) is 6.07. The third kappa shape index (κ3) is 2.43. The Morgan fingerprint density at radius 2 is 2.44 bits per heavy atom. The van der Waals surface area contributed by atoms with Crippen LogP contribution in [0.15, 0.2) is 18.6 Å². The van der Waals surface area contributed by atoms with Crippen LogP contribution in [-0.2, 0) is 0 Å². The lowest BCUT2D eigenvalue weighted by molar-refractivity contribution is 0.479. The summed E-state index contributed by atoms with van der Waals surface area (Å²) in [7, 11) is 1.62. The van der Waals surface area contributed by atoms with Crippen molar-refractivity contribution in [3.63, 3.8) is 0 Å². The molecule has 1 unspecified atom stereocenters. The molecule has 1 aliphatic rings. The molecule has 5 nitrogen and oxygen atoms in total. The van der Waals surface area contributed by atoms with E-state index in [1.54, 1.807) is 15.4 Å². The van der Waals surface area contributed by atoms with Gasteiger partial charge in [-0.3, -0.25) is 3.97 Å². The van der Waals surface area contributed by atoms with Gasteiger partial charge in [0, 0.05) is 49.1 Å². The van der Waals surface area contributed by atoms with Crippen LogP contribution in [0.25, 0.3) is 11.0 Å². The number of piperidine rings is 1. The molecule has 1 fully saturated rings. The first-order chi connectivity index (χ1) is 8.88. The third-order valence-electron chi connectivity index (χ3n) is 3.16. The lowest BCUT2D eigenvalue weighted by Gasteiger charge is -2.24. The maximum Gasteiger partial charge on any atom is 0.156 e. The molecule has 0 amide bonds. The van der Waals surface area contributed by atoms with Gasteiger partial charge < -0.3 is 10.6 Å². The third-order valence-corrected chi connectivity index (χ3v) is 4.88. The Morgan fingerprint density at radius 1 is 1.50 bits per heavy atom. The van der Waals surface area contributed by atoms with Crippen LogP contribution in [0.2, 0.25) is 0 Å². The monoisotopic (exact) mass is 375 g/mol. The molecule has 0 spiro atoms. The maximum absolute atomic E-state index is 4.37. The van der Waals surface area contributed by atoms with E-state index >= 15 is 0 Å². The molecular formula is C11H14IN5S. The molecular weight excluding hydrogens is 361 g/mol. The van der Waals surface area contributed by atoms with Crippen molar-refractivity contribution in [1.29, 1.82) is 0 Å². The van der Waals surface area contributed by atoms with Gasteiger partial charge in [0.25, 0.3) is 0 Å². The molecule has 18 heavy (non-hydrogen) atoms. The minimum absolute atomic E-state index is 0.465. The number of rotatable bonds is 3. The quantitative estimate of drug-likeness (QED) is 0.808. The molecule has 2 aromatic heterocycles. The van der Waals surface area contributed by atoms with Gasteiger partial charge in [-0.15, -0.1) is 0 Å². The molecule has 2 N–H and O–H groups in total. The first-order valence-corrected chi connectivity index (χ1v) is 9.28. The van der Waals surface area contributed by atoms with Gasteiger partial charge in [-0.25, -0.2) is 9.97 Å². The number of anilines is 1. The number of fused-ring (bicyclic) bond motifs is 1. The predicted molar refractivity (Wildman–Crippen MR) is 84.1 cm³/mol. The van der Waals surface area contributed by atoms with Crippen molar-refractivity contribution in [3.8, 4) is 0 Å². The average molecular weight is 375 g/mol. The molecule has 0 aromatic carbocycles. The summed E-state index contributed by atoms with van der Waals surface area (Å²) in [4.78, 5) is 8.71. The fourth-order valence-electron chi connectivity index (χ4n) is 2.27. The van der Waals surface area contributed by atoms with Crippen molar-refractivity contribution >= 4 is 47.2 Å². The standard InChI is InChI=1S/C11H14IN5S/c12-18-17-5-3-9-10(14-7-15-11(9)17)16-8-2-1-4-13-6-8/h3,5,7-8,13H,1-2,4,6H2,(H,14,15,16). The highest BCUT2D eigenvalue weighted by molar-refractivity contribution is 14.2. The molecule has 1 aliphatic heterocycles. The van der Waals surface area contributed by atoms with Crippen molar-refractivity contribution in [2.75, 3.05) is 18.4 Å². The number of aromatic nitrogens is 3. The summed E-state index contributed by atoms with van der Waals surface area (Å²) in [5.74, 6) is 0.943. The van der Waals surface area contributed by atoms with Gasteiger partial charge in [0.15, 0.2) is 5.65 Å². The van der Waals surface area contributed by atoms with Gasteiger partial charge in [0.2, 0.25) is 0 Å². The van der Waals surface area contributed by atoms with Gasteiger partial charge >= 0.3 is 0 Å². The average Bonchev–Trinajstić information content (AvgIpc) is 2.84. The van der Waals surface area contributed by atoms with Crippen LogP contribution in [0.3, 0.4) is 0 Å².